The van der Waals surface area contributed by atoms with E-state index >= 15 is 0 Å². The van der Waals surface area contributed by atoms with Gasteiger partial charge in [-0.1, -0.05) is 40.9 Å². The fourth-order valence-corrected chi connectivity index (χ4v) is 3.16. The first-order chi connectivity index (χ1) is 12.3. The first kappa shape index (κ1) is 18.8. The number of benzene rings is 1. The van der Waals surface area contributed by atoms with E-state index in [0.717, 1.165) is 11.3 Å². The Morgan fingerprint density at radius 2 is 1.81 bits per heavy atom. The zero-order valence-electron chi connectivity index (χ0n) is 14.1. The van der Waals surface area contributed by atoms with Crippen molar-refractivity contribution < 1.29 is 4.79 Å². The standard InChI is InChI=1S/C17H16Cl3N5O/c1-10-17(20)11(2)25(22-10)9-16(26)21-15-6-7-24(23-15)8-12-13(18)4-3-5-14(12)19/h3-7H,8-9H2,1-2H3,(H,21,23,26). The second-order valence-corrected chi connectivity index (χ2v) is 6.98. The number of aryl methyl sites for hydroxylation is 1. The van der Waals surface area contributed by atoms with Crippen molar-refractivity contribution >= 4 is 46.5 Å². The van der Waals surface area contributed by atoms with Crippen molar-refractivity contribution in [3.05, 3.63) is 62.5 Å². The third-order valence-electron chi connectivity index (χ3n) is 3.88. The lowest BCUT2D eigenvalue weighted by molar-refractivity contribution is -0.117. The highest BCUT2D eigenvalue weighted by molar-refractivity contribution is 6.36. The maximum atomic E-state index is 12.2. The number of nitrogens with zero attached hydrogens (tertiary/aromatic N) is 4. The van der Waals surface area contributed by atoms with E-state index in [1.54, 1.807) is 46.7 Å². The topological polar surface area (TPSA) is 64.7 Å². The highest BCUT2D eigenvalue weighted by Crippen LogP contribution is 2.25. The molecule has 0 fully saturated rings. The first-order valence-corrected chi connectivity index (χ1v) is 8.94. The maximum absolute atomic E-state index is 12.2. The van der Waals surface area contributed by atoms with Crippen LogP contribution in [0.4, 0.5) is 5.82 Å². The van der Waals surface area contributed by atoms with E-state index in [1.165, 1.54) is 0 Å². The van der Waals surface area contributed by atoms with Crippen molar-refractivity contribution in [1.29, 1.82) is 0 Å². The molecule has 0 aliphatic carbocycles. The van der Waals surface area contributed by atoms with Gasteiger partial charge in [0.25, 0.3) is 0 Å². The van der Waals surface area contributed by atoms with E-state index < -0.39 is 0 Å². The summed E-state index contributed by atoms with van der Waals surface area (Å²) in [6.45, 7) is 4.08. The highest BCUT2D eigenvalue weighted by atomic mass is 35.5. The fraction of sp³-hybridized carbons (Fsp3) is 0.235. The number of hydrogen-bond acceptors (Lipinski definition) is 3. The minimum atomic E-state index is -0.242. The van der Waals surface area contributed by atoms with E-state index in [1.807, 2.05) is 6.92 Å². The van der Waals surface area contributed by atoms with Gasteiger partial charge in [-0.15, -0.1) is 0 Å². The van der Waals surface area contributed by atoms with E-state index in [4.69, 9.17) is 34.8 Å². The van der Waals surface area contributed by atoms with Crippen LogP contribution in [0.1, 0.15) is 17.0 Å². The van der Waals surface area contributed by atoms with Crippen molar-refractivity contribution in [2.45, 2.75) is 26.9 Å². The summed E-state index contributed by atoms with van der Waals surface area (Å²) in [4.78, 5) is 12.2. The van der Waals surface area contributed by atoms with Crippen molar-refractivity contribution in [1.82, 2.24) is 19.6 Å². The summed E-state index contributed by atoms with van der Waals surface area (Å²) in [5.41, 5.74) is 2.21. The highest BCUT2D eigenvalue weighted by Gasteiger charge is 2.13. The lowest BCUT2D eigenvalue weighted by Gasteiger charge is -2.07. The van der Waals surface area contributed by atoms with Crippen LogP contribution in [0.25, 0.3) is 0 Å². The number of nitrogens with one attached hydrogen (secondary N) is 1. The lowest BCUT2D eigenvalue weighted by Crippen LogP contribution is -2.20. The molecule has 1 N–H and O–H groups in total. The van der Waals surface area contributed by atoms with Crippen LogP contribution in [0.5, 0.6) is 0 Å². The summed E-state index contributed by atoms with van der Waals surface area (Å²) >= 11 is 18.4. The number of carbonyl (C=O) groups excluding carboxylic acids is 1. The molecule has 0 saturated heterocycles. The minimum absolute atomic E-state index is 0.0581. The quantitative estimate of drug-likeness (QED) is 0.678. The molecule has 2 aromatic heterocycles. The molecule has 0 spiro atoms. The molecule has 1 amide bonds. The van der Waals surface area contributed by atoms with Gasteiger partial charge in [0.15, 0.2) is 5.82 Å². The molecule has 136 valence electrons. The van der Waals surface area contributed by atoms with Gasteiger partial charge in [-0.3, -0.25) is 14.2 Å². The Labute approximate surface area is 165 Å². The predicted molar refractivity (Wildman–Crippen MR) is 103 cm³/mol. The van der Waals surface area contributed by atoms with Crippen LogP contribution in [-0.2, 0) is 17.9 Å². The summed E-state index contributed by atoms with van der Waals surface area (Å²) in [5, 5.41) is 13.0. The van der Waals surface area contributed by atoms with Crippen LogP contribution < -0.4 is 5.32 Å². The predicted octanol–water partition coefficient (Wildman–Crippen LogP) is 4.34. The molecule has 0 aliphatic heterocycles. The number of anilines is 1. The van der Waals surface area contributed by atoms with Gasteiger partial charge in [0.05, 0.1) is 23.0 Å². The van der Waals surface area contributed by atoms with Crippen LogP contribution in [-0.4, -0.2) is 25.5 Å². The van der Waals surface area contributed by atoms with Gasteiger partial charge in [0, 0.05) is 27.9 Å². The molecule has 0 saturated carbocycles. The summed E-state index contributed by atoms with van der Waals surface area (Å²) in [6, 6.07) is 7.04. The molecule has 0 bridgehead atoms. The van der Waals surface area contributed by atoms with Gasteiger partial charge in [0.1, 0.15) is 6.54 Å². The number of carbonyl (C=O) groups is 1. The van der Waals surface area contributed by atoms with Crippen molar-refractivity contribution in [3.8, 4) is 0 Å². The Morgan fingerprint density at radius 3 is 2.42 bits per heavy atom. The molecule has 0 unspecified atom stereocenters. The van der Waals surface area contributed by atoms with Crippen molar-refractivity contribution in [2.75, 3.05) is 5.32 Å². The molecule has 2 heterocycles. The largest absolute Gasteiger partial charge is 0.308 e. The van der Waals surface area contributed by atoms with Crippen LogP contribution in [0.15, 0.2) is 30.5 Å². The van der Waals surface area contributed by atoms with Crippen LogP contribution in [0, 0.1) is 13.8 Å². The van der Waals surface area contributed by atoms with E-state index in [0.29, 0.717) is 33.1 Å². The molecular weight excluding hydrogens is 397 g/mol. The smallest absolute Gasteiger partial charge is 0.247 e. The molecule has 3 aromatic rings. The summed E-state index contributed by atoms with van der Waals surface area (Å²) in [7, 11) is 0. The second-order valence-electron chi connectivity index (χ2n) is 5.79. The molecule has 3 rings (SSSR count). The van der Waals surface area contributed by atoms with Crippen LogP contribution in [0.2, 0.25) is 15.1 Å². The SMILES string of the molecule is Cc1nn(CC(=O)Nc2ccn(Cc3c(Cl)cccc3Cl)n2)c(C)c1Cl. The van der Waals surface area contributed by atoms with Gasteiger partial charge in [-0.25, -0.2) is 0 Å². The number of aromatic nitrogens is 4. The third kappa shape index (κ3) is 4.03. The van der Waals surface area contributed by atoms with Gasteiger partial charge < -0.3 is 5.32 Å². The molecule has 1 aromatic carbocycles. The minimum Gasteiger partial charge on any atom is -0.308 e. The average Bonchev–Trinajstić information content (AvgIpc) is 3.11. The number of halogens is 3. The number of amides is 1. The Balaban J connectivity index is 1.66. The molecule has 0 aliphatic rings. The Morgan fingerprint density at radius 1 is 1.12 bits per heavy atom. The number of rotatable bonds is 5. The van der Waals surface area contributed by atoms with Gasteiger partial charge in [-0.05, 0) is 26.0 Å². The number of hydrogen-bond donors (Lipinski definition) is 1. The molecular formula is C17H16Cl3N5O. The molecule has 26 heavy (non-hydrogen) atoms. The van der Waals surface area contributed by atoms with Crippen molar-refractivity contribution in [3.63, 3.8) is 0 Å². The van der Waals surface area contributed by atoms with E-state index in [2.05, 4.69) is 15.5 Å². The Bertz CT molecular complexity index is 943. The van der Waals surface area contributed by atoms with Crippen molar-refractivity contribution in [2.24, 2.45) is 0 Å². The zero-order chi connectivity index (χ0) is 18.8. The van der Waals surface area contributed by atoms with Gasteiger partial charge in [0.2, 0.25) is 5.91 Å². The molecule has 0 radical (unpaired) electrons. The summed E-state index contributed by atoms with van der Waals surface area (Å²) in [6.07, 6.45) is 1.75. The van der Waals surface area contributed by atoms with E-state index in [9.17, 15) is 4.79 Å². The molecule has 6 nitrogen and oxygen atoms in total. The maximum Gasteiger partial charge on any atom is 0.247 e. The Hall–Kier alpha value is -2.02. The first-order valence-electron chi connectivity index (χ1n) is 7.81. The van der Waals surface area contributed by atoms with Gasteiger partial charge in [-0.2, -0.15) is 10.2 Å². The Kier molecular flexibility index (Phi) is 5.55. The average molecular weight is 413 g/mol. The monoisotopic (exact) mass is 411 g/mol. The van der Waals surface area contributed by atoms with Crippen LogP contribution >= 0.6 is 34.8 Å². The van der Waals surface area contributed by atoms with E-state index in [-0.39, 0.29) is 12.5 Å². The zero-order valence-corrected chi connectivity index (χ0v) is 16.4. The summed E-state index contributed by atoms with van der Waals surface area (Å²) < 4.78 is 3.22. The molecule has 0 atom stereocenters. The fourth-order valence-electron chi connectivity index (χ4n) is 2.51. The molecule has 9 heteroatoms. The normalized spacial score (nSPS) is 11.0. The van der Waals surface area contributed by atoms with Crippen LogP contribution in [0.3, 0.4) is 0 Å². The lowest BCUT2D eigenvalue weighted by atomic mass is 10.2. The third-order valence-corrected chi connectivity index (χ3v) is 5.13. The van der Waals surface area contributed by atoms with Gasteiger partial charge >= 0.3 is 0 Å². The second kappa shape index (κ2) is 7.70. The summed E-state index contributed by atoms with van der Waals surface area (Å²) in [5.74, 6) is 0.194.